The quantitative estimate of drug-likeness (QED) is 0.412. The maximum Gasteiger partial charge on any atom is 2.00 e. The summed E-state index contributed by atoms with van der Waals surface area (Å²) in [5.41, 5.74) is -2.94. The predicted octanol–water partition coefficient (Wildman–Crippen LogP) is 3.71. The van der Waals surface area contributed by atoms with Crippen LogP contribution < -0.4 is 0 Å². The third-order valence-corrected chi connectivity index (χ3v) is 12.1. The third-order valence-electron chi connectivity index (χ3n) is 4.07. The first-order chi connectivity index (χ1) is 8.09. The summed E-state index contributed by atoms with van der Waals surface area (Å²) in [4.78, 5) is 20.3. The molecule has 2 N–H and O–H groups in total. The van der Waals surface area contributed by atoms with Crippen molar-refractivity contribution in [3.8, 4) is 0 Å². The molecule has 0 aromatic rings. The van der Waals surface area contributed by atoms with E-state index in [-0.39, 0.29) is 36.0 Å². The molecule has 2 nitrogen and oxygen atoms in total. The zero-order valence-electron chi connectivity index (χ0n) is 13.1. The summed E-state index contributed by atoms with van der Waals surface area (Å²) in [6, 6.07) is 0. The third kappa shape index (κ3) is 4.98. The summed E-state index contributed by atoms with van der Waals surface area (Å²) < 4.78 is 0. The molecular formula is C12H27MgO2PS2. The van der Waals surface area contributed by atoms with Gasteiger partial charge in [-0.3, -0.25) is 0 Å². The monoisotopic (exact) mass is 322 g/mol. The zero-order valence-corrected chi connectivity index (χ0v) is 15.1. The SMILES string of the molecule is OP(O)(S)=S(C1CCCCC1)C1CCCCC1.[H-].[H-].[Mg+2]. The Bertz CT molecular complexity index is 288. The van der Waals surface area contributed by atoms with E-state index in [0.29, 0.717) is 10.5 Å². The molecule has 0 aromatic heterocycles. The van der Waals surface area contributed by atoms with Gasteiger partial charge in [0, 0.05) is 10.5 Å². The normalized spacial score (nSPS) is 24.0. The minimum absolute atomic E-state index is 0. The van der Waals surface area contributed by atoms with Crippen molar-refractivity contribution >= 4 is 51.1 Å². The minimum Gasteiger partial charge on any atom is -1.00 e. The zero-order chi connectivity index (χ0) is 12.3. The van der Waals surface area contributed by atoms with Gasteiger partial charge in [0.25, 0.3) is 0 Å². The Morgan fingerprint density at radius 3 is 1.44 bits per heavy atom. The van der Waals surface area contributed by atoms with Crippen LogP contribution in [0, 0.1) is 0 Å². The molecular weight excluding hydrogens is 296 g/mol. The molecule has 2 rings (SSSR count). The second kappa shape index (κ2) is 8.31. The summed E-state index contributed by atoms with van der Waals surface area (Å²) in [5.74, 6) is 0. The van der Waals surface area contributed by atoms with E-state index >= 15 is 0 Å². The molecule has 0 bridgehead atoms. The van der Waals surface area contributed by atoms with Crippen LogP contribution in [0.2, 0.25) is 0 Å². The molecule has 0 aromatic carbocycles. The number of hydrogen-bond donors (Lipinski definition) is 3. The fourth-order valence-corrected chi connectivity index (χ4v) is 12.3. The topological polar surface area (TPSA) is 40.5 Å². The van der Waals surface area contributed by atoms with Crippen LogP contribution in [0.25, 0.3) is 0 Å². The van der Waals surface area contributed by atoms with Crippen LogP contribution in [-0.2, 0) is 10.1 Å². The van der Waals surface area contributed by atoms with Gasteiger partial charge >= 0.3 is 23.1 Å². The van der Waals surface area contributed by atoms with Crippen LogP contribution in [0.3, 0.4) is 0 Å². The van der Waals surface area contributed by atoms with E-state index in [1.807, 2.05) is 0 Å². The van der Waals surface area contributed by atoms with Gasteiger partial charge in [0.1, 0.15) is 0 Å². The molecule has 2 aliphatic carbocycles. The fraction of sp³-hybridized carbons (Fsp3) is 1.00. The molecule has 0 spiro atoms. The standard InChI is InChI=1S/C12H25O2PS2.Mg.2H/c13-15(14,16)17(11-7-3-1-4-8-11)12-9-5-2-6-10-12;;;/h11-14,16H,1-10H2;;;/q;+2;2*-1. The van der Waals surface area contributed by atoms with Gasteiger partial charge in [0.05, 0.1) is 0 Å². The van der Waals surface area contributed by atoms with Gasteiger partial charge in [-0.1, -0.05) is 50.8 Å². The summed E-state index contributed by atoms with van der Waals surface area (Å²) in [6.07, 6.45) is 12.5. The van der Waals surface area contributed by atoms with Crippen LogP contribution >= 0.6 is 17.9 Å². The second-order valence-electron chi connectivity index (χ2n) is 5.38. The molecule has 2 saturated carbocycles. The Balaban J connectivity index is 0. The van der Waals surface area contributed by atoms with Gasteiger partial charge < -0.3 is 12.6 Å². The number of rotatable bonds is 2. The van der Waals surface area contributed by atoms with Crippen molar-refractivity contribution in [1.82, 2.24) is 0 Å². The molecule has 6 heteroatoms. The molecule has 0 aliphatic heterocycles. The van der Waals surface area contributed by atoms with E-state index in [1.54, 1.807) is 0 Å². The molecule has 0 radical (unpaired) electrons. The van der Waals surface area contributed by atoms with Crippen molar-refractivity contribution in [3.05, 3.63) is 0 Å². The maximum absolute atomic E-state index is 10.1. The Morgan fingerprint density at radius 1 is 0.833 bits per heavy atom. The number of thiol groups is 1. The van der Waals surface area contributed by atoms with Gasteiger partial charge in [-0.2, -0.15) is 0 Å². The van der Waals surface area contributed by atoms with E-state index in [2.05, 4.69) is 12.2 Å². The average Bonchev–Trinajstić information content (AvgIpc) is 2.30. The Morgan fingerprint density at radius 2 is 1.17 bits per heavy atom. The first-order valence-corrected chi connectivity index (χ1v) is 11.7. The fourth-order valence-electron chi connectivity index (χ4n) is 3.29. The first kappa shape index (κ1) is 17.9. The van der Waals surface area contributed by atoms with Crippen molar-refractivity contribution in [1.29, 1.82) is 0 Å². The van der Waals surface area contributed by atoms with Gasteiger partial charge in [-0.15, -0.1) is 10.1 Å². The van der Waals surface area contributed by atoms with Gasteiger partial charge in [-0.25, -0.2) is 0 Å². The molecule has 106 valence electrons. The van der Waals surface area contributed by atoms with Crippen LogP contribution in [0.5, 0.6) is 0 Å². The minimum atomic E-state index is -2.94. The summed E-state index contributed by atoms with van der Waals surface area (Å²) >= 11 is 4.20. The molecule has 2 fully saturated rings. The summed E-state index contributed by atoms with van der Waals surface area (Å²) in [7, 11) is -0.228. The first-order valence-electron chi connectivity index (χ1n) is 6.89. The van der Waals surface area contributed by atoms with E-state index in [1.165, 1.54) is 64.2 Å². The molecule has 0 saturated heterocycles. The molecule has 18 heavy (non-hydrogen) atoms. The summed E-state index contributed by atoms with van der Waals surface area (Å²) in [5, 5.41) is 1.10. The van der Waals surface area contributed by atoms with Crippen molar-refractivity contribution in [3.63, 3.8) is 0 Å². The maximum atomic E-state index is 10.1. The van der Waals surface area contributed by atoms with Crippen LogP contribution in [0.1, 0.15) is 67.1 Å². The summed E-state index contributed by atoms with van der Waals surface area (Å²) in [6.45, 7) is 0. The molecule has 0 heterocycles. The van der Waals surface area contributed by atoms with E-state index in [4.69, 9.17) is 0 Å². The molecule has 0 atom stereocenters. The Labute approximate surface area is 138 Å². The van der Waals surface area contributed by atoms with E-state index < -0.39 is 5.69 Å². The van der Waals surface area contributed by atoms with Crippen LogP contribution in [-0.4, -0.2) is 43.3 Å². The molecule has 0 amide bonds. The molecule has 2 aliphatic rings. The molecule has 0 unspecified atom stereocenters. The predicted molar refractivity (Wildman–Crippen MR) is 89.4 cm³/mol. The van der Waals surface area contributed by atoms with Crippen molar-refractivity contribution in [2.45, 2.75) is 74.7 Å². The van der Waals surface area contributed by atoms with Gasteiger partial charge in [0.2, 0.25) is 0 Å². The van der Waals surface area contributed by atoms with Crippen LogP contribution in [0.15, 0.2) is 0 Å². The van der Waals surface area contributed by atoms with Crippen molar-refractivity contribution in [2.24, 2.45) is 0 Å². The smallest absolute Gasteiger partial charge is 1.00 e. The van der Waals surface area contributed by atoms with Gasteiger partial charge in [-0.05, 0) is 25.7 Å². The second-order valence-corrected chi connectivity index (χ2v) is 13.7. The van der Waals surface area contributed by atoms with Crippen molar-refractivity contribution < 1.29 is 12.6 Å². The van der Waals surface area contributed by atoms with Gasteiger partial charge in [0.15, 0.2) is 5.69 Å². The van der Waals surface area contributed by atoms with E-state index in [9.17, 15) is 9.79 Å². The average molecular weight is 323 g/mol. The largest absolute Gasteiger partial charge is 2.00 e. The van der Waals surface area contributed by atoms with Crippen LogP contribution in [0.4, 0.5) is 0 Å². The van der Waals surface area contributed by atoms with E-state index in [0.717, 1.165) is 0 Å². The Kier molecular flexibility index (Phi) is 8.24. The van der Waals surface area contributed by atoms with Crippen molar-refractivity contribution in [2.75, 3.05) is 0 Å². The number of hydrogen-bond acceptors (Lipinski definition) is 0. The Hall–Kier alpha value is 1.82.